The first-order valence-electron chi connectivity index (χ1n) is 27.6. The van der Waals surface area contributed by atoms with Crippen molar-refractivity contribution in [2.75, 3.05) is 91.5 Å². The van der Waals surface area contributed by atoms with E-state index in [0.29, 0.717) is 118 Å². The maximum atomic E-state index is 14.0. The van der Waals surface area contributed by atoms with E-state index in [4.69, 9.17) is 35.3 Å². The number of phenols is 2. The van der Waals surface area contributed by atoms with Crippen LogP contribution in [0.2, 0.25) is 5.02 Å². The van der Waals surface area contributed by atoms with Gasteiger partial charge in [-0.2, -0.15) is 0 Å². The maximum Gasteiger partial charge on any atom is 0.319 e. The normalized spacial score (nSPS) is 13.9. The highest BCUT2D eigenvalue weighted by Crippen LogP contribution is 2.42. The van der Waals surface area contributed by atoms with Crippen LogP contribution in [-0.2, 0) is 47.0 Å². The third-order valence-electron chi connectivity index (χ3n) is 14.2. The highest BCUT2D eigenvalue weighted by molar-refractivity contribution is 7.22. The van der Waals surface area contributed by atoms with E-state index in [2.05, 4.69) is 55.5 Å². The fourth-order valence-electron chi connectivity index (χ4n) is 10.2. The number of carbonyl (C=O) groups excluding carboxylic acids is 5. The number of anilines is 1. The highest BCUT2D eigenvalue weighted by atomic mass is 35.5. The number of nitrogens with one attached hydrogen (secondary N) is 3. The molecule has 2 heterocycles. The molecule has 0 bridgehead atoms. The molecule has 82 heavy (non-hydrogen) atoms. The summed E-state index contributed by atoms with van der Waals surface area (Å²) in [5.74, 6) is 0.148. The number of piperidine rings is 1. The lowest BCUT2D eigenvalue weighted by atomic mass is 9.71. The summed E-state index contributed by atoms with van der Waals surface area (Å²) >= 11 is 8.03. The van der Waals surface area contributed by atoms with Gasteiger partial charge in [-0.05, 0) is 144 Å². The molecule has 1 saturated heterocycles. The largest absolute Gasteiger partial charge is 0.508 e. The number of aldehydes is 1. The number of ketones is 1. The molecule has 6 aromatic rings. The van der Waals surface area contributed by atoms with Crippen molar-refractivity contribution in [3.8, 4) is 27.7 Å². The SMILES string of the molecule is CCN(CCOCCOCCOCCOCC(C)(C)CC(C)(C)c1cc(Cl)cc(NC(=O)NCc2ccc(C=O)c(CN(C)C3CCC(=O)NC3=O)c2)c1)CCOc1ccc(C(=O)c2c(-c3ccc(O)cc3)sc3cc(O)ccc23)cc1. The molecule has 5 aromatic carbocycles. The van der Waals surface area contributed by atoms with Crippen LogP contribution in [0.15, 0.2) is 103 Å². The topological polar surface area (TPSA) is 215 Å². The summed E-state index contributed by atoms with van der Waals surface area (Å²) in [6.45, 7) is 17.7. The Morgan fingerprint density at radius 1 is 0.805 bits per heavy atom. The van der Waals surface area contributed by atoms with E-state index in [9.17, 15) is 34.2 Å². The second-order valence-electron chi connectivity index (χ2n) is 21.9. The van der Waals surface area contributed by atoms with Crippen molar-refractivity contribution < 1.29 is 57.9 Å². The summed E-state index contributed by atoms with van der Waals surface area (Å²) in [5.41, 5.74) is 4.81. The summed E-state index contributed by atoms with van der Waals surface area (Å²) in [5, 5.41) is 29.4. The number of thiophene rings is 1. The Kier molecular flexibility index (Phi) is 23.0. The first-order chi connectivity index (χ1) is 39.3. The molecule has 0 radical (unpaired) electrons. The van der Waals surface area contributed by atoms with Gasteiger partial charge in [0.25, 0.3) is 0 Å². The first kappa shape index (κ1) is 62.9. The van der Waals surface area contributed by atoms with Crippen molar-refractivity contribution in [1.82, 2.24) is 20.4 Å². The molecule has 0 saturated carbocycles. The summed E-state index contributed by atoms with van der Waals surface area (Å²) in [4.78, 5) is 67.9. The zero-order valence-electron chi connectivity index (χ0n) is 47.6. The predicted octanol–water partition coefficient (Wildman–Crippen LogP) is 10.4. The van der Waals surface area contributed by atoms with Gasteiger partial charge in [-0.15, -0.1) is 11.3 Å². The number of amides is 4. The van der Waals surface area contributed by atoms with Crippen LogP contribution in [0.25, 0.3) is 20.5 Å². The Morgan fingerprint density at radius 2 is 1.48 bits per heavy atom. The lowest BCUT2D eigenvalue weighted by Crippen LogP contribution is -2.51. The Hall–Kier alpha value is -6.74. The number of hydrogen-bond acceptors (Lipinski definition) is 15. The number of ether oxygens (including phenoxy) is 5. The molecule has 438 valence electrons. The molecule has 5 N–H and O–H groups in total. The molecular weight excluding hydrogens is 1090 g/mol. The van der Waals surface area contributed by atoms with Crippen LogP contribution in [0.5, 0.6) is 17.2 Å². The minimum atomic E-state index is -0.492. The van der Waals surface area contributed by atoms with Crippen molar-refractivity contribution in [3.05, 3.63) is 142 Å². The fraction of sp³-hybridized carbons (Fsp3) is 0.413. The fourth-order valence-corrected chi connectivity index (χ4v) is 11.6. The van der Waals surface area contributed by atoms with Crippen molar-refractivity contribution in [2.24, 2.45) is 5.41 Å². The van der Waals surface area contributed by atoms with E-state index < -0.39 is 12.1 Å². The summed E-state index contributed by atoms with van der Waals surface area (Å²) < 4.78 is 30.2. The number of imide groups is 1. The van der Waals surface area contributed by atoms with Crippen LogP contribution in [0.3, 0.4) is 0 Å². The summed E-state index contributed by atoms with van der Waals surface area (Å²) in [7, 11) is 1.78. The van der Waals surface area contributed by atoms with Gasteiger partial charge in [0.05, 0.1) is 58.9 Å². The number of phenolic OH excluding ortho intramolecular Hbond substituents is 2. The van der Waals surface area contributed by atoms with Crippen LogP contribution in [0, 0.1) is 5.41 Å². The van der Waals surface area contributed by atoms with Crippen LogP contribution in [0.1, 0.15) is 96.9 Å². The molecule has 7 rings (SSSR count). The number of urea groups is 1. The second-order valence-corrected chi connectivity index (χ2v) is 23.3. The van der Waals surface area contributed by atoms with Crippen LogP contribution in [0.4, 0.5) is 10.5 Å². The lowest BCUT2D eigenvalue weighted by molar-refractivity contribution is -0.137. The molecule has 0 spiro atoms. The average molecular weight is 1160 g/mol. The lowest BCUT2D eigenvalue weighted by Gasteiger charge is -2.35. The van der Waals surface area contributed by atoms with E-state index in [-0.39, 0.29) is 52.9 Å². The number of rotatable bonds is 32. The number of fused-ring (bicyclic) bond motifs is 1. The second kappa shape index (κ2) is 30.0. The monoisotopic (exact) mass is 1160 g/mol. The van der Waals surface area contributed by atoms with Gasteiger partial charge in [0.1, 0.15) is 30.1 Å². The smallest absolute Gasteiger partial charge is 0.319 e. The number of hydrogen-bond donors (Lipinski definition) is 5. The molecule has 1 aliphatic heterocycles. The van der Waals surface area contributed by atoms with Crippen LogP contribution < -0.4 is 20.7 Å². The predicted molar refractivity (Wildman–Crippen MR) is 320 cm³/mol. The number of likely N-dealkylation sites (N-methyl/N-ethyl adjacent to an activating group) is 2. The van der Waals surface area contributed by atoms with Gasteiger partial charge < -0.3 is 44.5 Å². The standard InChI is InChI=1S/C63H76ClN5O12S/c1-7-69(23-25-81-52-17-12-43(13-18-52)58(74)57-53-19-16-51(72)36-55(53)82-59(57)44-10-14-50(71)15-11-44)22-24-77-26-27-78-28-29-79-30-31-80-41-62(2,3)40-63(4,5)47-33-48(64)35-49(34-47)66-61(76)65-37-42-8-9-45(39-70)46(32-42)38-68(6)54-20-21-56(73)67-60(54)75/h8-19,32-36,39,54,71-72H,7,20-31,37-38,40-41H2,1-6H3,(H2,65,66,76)(H,67,73,75). The summed E-state index contributed by atoms with van der Waals surface area (Å²) in [6.07, 6.45) is 2.18. The van der Waals surface area contributed by atoms with Gasteiger partial charge in [0, 0.05) is 75.0 Å². The molecule has 1 atom stereocenters. The molecule has 1 aliphatic rings. The molecule has 1 aromatic heterocycles. The van der Waals surface area contributed by atoms with Gasteiger partial charge in [0.15, 0.2) is 5.78 Å². The molecule has 0 aliphatic carbocycles. The minimum Gasteiger partial charge on any atom is -0.508 e. The van der Waals surface area contributed by atoms with E-state index in [1.54, 1.807) is 92.0 Å². The van der Waals surface area contributed by atoms with Crippen molar-refractivity contribution in [3.63, 3.8) is 0 Å². The quantitative estimate of drug-likeness (QED) is 0.0115. The molecule has 1 unspecified atom stereocenters. The molecule has 19 heteroatoms. The van der Waals surface area contributed by atoms with Crippen LogP contribution in [-0.4, -0.2) is 142 Å². The van der Waals surface area contributed by atoms with Gasteiger partial charge in [-0.3, -0.25) is 34.3 Å². The number of aromatic hydroxyl groups is 2. The van der Waals surface area contributed by atoms with Crippen molar-refractivity contribution in [2.45, 2.75) is 78.4 Å². The number of carbonyl (C=O) groups is 5. The number of nitrogens with zero attached hydrogens (tertiary/aromatic N) is 2. The third-order valence-corrected chi connectivity index (χ3v) is 15.7. The van der Waals surface area contributed by atoms with E-state index in [0.717, 1.165) is 57.5 Å². The molecule has 4 amide bonds. The Balaban J connectivity index is 0.729. The van der Waals surface area contributed by atoms with Crippen molar-refractivity contribution >= 4 is 68.6 Å². The number of halogens is 1. The Labute approximate surface area is 489 Å². The highest BCUT2D eigenvalue weighted by Gasteiger charge is 2.32. The zero-order valence-corrected chi connectivity index (χ0v) is 49.2. The summed E-state index contributed by atoms with van der Waals surface area (Å²) in [6, 6.07) is 28.8. The van der Waals surface area contributed by atoms with Gasteiger partial charge in [-0.25, -0.2) is 4.79 Å². The zero-order chi connectivity index (χ0) is 58.8. The van der Waals surface area contributed by atoms with Crippen LogP contribution >= 0.6 is 22.9 Å². The number of benzene rings is 5. The Morgan fingerprint density at radius 3 is 2.16 bits per heavy atom. The van der Waals surface area contributed by atoms with Gasteiger partial charge in [-0.1, -0.05) is 64.4 Å². The van der Waals surface area contributed by atoms with Crippen molar-refractivity contribution in [1.29, 1.82) is 0 Å². The van der Waals surface area contributed by atoms with Gasteiger partial charge >= 0.3 is 6.03 Å². The first-order valence-corrected chi connectivity index (χ1v) is 28.8. The van der Waals surface area contributed by atoms with Gasteiger partial charge in [0.2, 0.25) is 11.8 Å². The maximum absolute atomic E-state index is 14.0. The van der Waals surface area contributed by atoms with E-state index in [1.165, 1.54) is 11.3 Å². The Bertz CT molecular complexity index is 3130. The molecular formula is C63H76ClN5O12S. The average Bonchev–Trinajstić information content (AvgIpc) is 3.98. The van der Waals surface area contributed by atoms with E-state index >= 15 is 0 Å². The molecule has 17 nitrogen and oxygen atoms in total. The molecule has 1 fully saturated rings. The minimum absolute atomic E-state index is 0.128. The van der Waals surface area contributed by atoms with E-state index in [1.807, 2.05) is 23.1 Å². The third kappa shape index (κ3) is 18.4.